The molecule has 2 aromatic rings. The maximum Gasteiger partial charge on any atom is 0.410 e. The lowest BCUT2D eigenvalue weighted by Crippen LogP contribution is -2.40. The first kappa shape index (κ1) is 11.6. The summed E-state index contributed by atoms with van der Waals surface area (Å²) in [5, 5.41) is 3.50. The minimum Gasteiger partial charge on any atom is -0.426 e. The van der Waals surface area contributed by atoms with Crippen LogP contribution in [-0.4, -0.2) is 29.9 Å². The molecule has 1 saturated heterocycles. The second kappa shape index (κ2) is 4.64. The van der Waals surface area contributed by atoms with E-state index in [9.17, 15) is 9.59 Å². The first-order valence-corrected chi connectivity index (χ1v) is 5.89. The zero-order valence-electron chi connectivity index (χ0n) is 10.0. The van der Waals surface area contributed by atoms with Gasteiger partial charge in [0.15, 0.2) is 0 Å². The minimum absolute atomic E-state index is 0.338. The van der Waals surface area contributed by atoms with Gasteiger partial charge in [-0.05, 0) is 11.6 Å². The highest BCUT2D eigenvalue weighted by Gasteiger charge is 2.27. The number of benzene rings is 1. The summed E-state index contributed by atoms with van der Waals surface area (Å²) in [6, 6.07) is 7.03. The molecule has 1 aromatic heterocycles. The average Bonchev–Trinajstić information content (AvgIpc) is 2.73. The Labute approximate surface area is 108 Å². The number of rotatable bonds is 2. The Bertz CT molecular complexity index is 634. The highest BCUT2D eigenvalue weighted by Crippen LogP contribution is 2.19. The van der Waals surface area contributed by atoms with Crippen LogP contribution in [0.1, 0.15) is 5.56 Å². The van der Waals surface area contributed by atoms with Crippen molar-refractivity contribution < 1.29 is 19.1 Å². The van der Waals surface area contributed by atoms with E-state index in [2.05, 4.69) is 15.0 Å². The number of ether oxygens (including phenoxy) is 2. The topological polar surface area (TPSA) is 80.4 Å². The van der Waals surface area contributed by atoms with Crippen LogP contribution in [0.4, 0.5) is 4.79 Å². The predicted molar refractivity (Wildman–Crippen MR) is 66.4 cm³/mol. The van der Waals surface area contributed by atoms with E-state index in [0.29, 0.717) is 6.42 Å². The lowest BCUT2D eigenvalue weighted by Gasteiger charge is -2.11. The van der Waals surface area contributed by atoms with Crippen molar-refractivity contribution >= 4 is 23.0 Å². The van der Waals surface area contributed by atoms with Gasteiger partial charge in [-0.25, -0.2) is 9.59 Å². The molecule has 0 radical (unpaired) electrons. The fraction of sp³-hybridized carbons (Fsp3) is 0.231. The molecule has 1 amide bonds. The average molecular weight is 260 g/mol. The highest BCUT2D eigenvalue weighted by atomic mass is 16.7. The zero-order chi connectivity index (χ0) is 13.2. The Morgan fingerprint density at radius 1 is 1.21 bits per heavy atom. The van der Waals surface area contributed by atoms with Crippen LogP contribution in [0.15, 0.2) is 30.5 Å². The van der Waals surface area contributed by atoms with Crippen molar-refractivity contribution in [3.63, 3.8) is 0 Å². The molecule has 0 unspecified atom stereocenters. The van der Waals surface area contributed by atoms with Crippen LogP contribution in [0.25, 0.3) is 10.9 Å². The van der Waals surface area contributed by atoms with Crippen molar-refractivity contribution in [2.24, 2.45) is 0 Å². The van der Waals surface area contributed by atoms with Crippen LogP contribution in [0.3, 0.4) is 0 Å². The van der Waals surface area contributed by atoms with Crippen molar-refractivity contribution in [1.29, 1.82) is 0 Å². The monoisotopic (exact) mass is 260 g/mol. The number of amides is 1. The fourth-order valence-electron chi connectivity index (χ4n) is 2.14. The molecule has 6 nitrogen and oxygen atoms in total. The Morgan fingerprint density at radius 2 is 2.05 bits per heavy atom. The lowest BCUT2D eigenvalue weighted by molar-refractivity contribution is -0.150. The van der Waals surface area contributed by atoms with Gasteiger partial charge in [0.2, 0.25) is 6.79 Å². The zero-order valence-corrected chi connectivity index (χ0v) is 10.0. The minimum atomic E-state index is -0.728. The van der Waals surface area contributed by atoms with Gasteiger partial charge in [-0.2, -0.15) is 0 Å². The molecule has 2 heterocycles. The van der Waals surface area contributed by atoms with Crippen LogP contribution in [-0.2, 0) is 20.7 Å². The van der Waals surface area contributed by atoms with Crippen LogP contribution in [0.5, 0.6) is 0 Å². The first-order chi connectivity index (χ1) is 9.24. The smallest absolute Gasteiger partial charge is 0.410 e. The van der Waals surface area contributed by atoms with Crippen molar-refractivity contribution in [3.8, 4) is 0 Å². The first-order valence-electron chi connectivity index (χ1n) is 5.89. The quantitative estimate of drug-likeness (QED) is 0.798. The van der Waals surface area contributed by atoms with Gasteiger partial charge in [0.1, 0.15) is 6.04 Å². The summed E-state index contributed by atoms with van der Waals surface area (Å²) in [5.74, 6) is -0.490. The van der Waals surface area contributed by atoms with Gasteiger partial charge in [-0.1, -0.05) is 18.2 Å². The molecular formula is C13H12N2O4. The van der Waals surface area contributed by atoms with Crippen molar-refractivity contribution in [3.05, 3.63) is 36.0 Å². The summed E-state index contributed by atoms with van der Waals surface area (Å²) in [4.78, 5) is 26.1. The molecule has 0 bridgehead atoms. The molecule has 0 saturated carbocycles. The summed E-state index contributed by atoms with van der Waals surface area (Å²) in [6.45, 7) is -0.338. The van der Waals surface area contributed by atoms with Gasteiger partial charge < -0.3 is 19.8 Å². The molecule has 1 aliphatic rings. The van der Waals surface area contributed by atoms with Crippen LogP contribution in [0.2, 0.25) is 0 Å². The number of carbonyl (C=O) groups excluding carboxylic acids is 2. The molecular weight excluding hydrogens is 248 g/mol. The molecule has 1 aromatic carbocycles. The number of para-hydroxylation sites is 1. The van der Waals surface area contributed by atoms with Gasteiger partial charge in [0, 0.05) is 23.5 Å². The normalized spacial score (nSPS) is 19.5. The fourth-order valence-corrected chi connectivity index (χ4v) is 2.14. The maximum atomic E-state index is 11.7. The number of esters is 1. The Hall–Kier alpha value is -2.50. The summed E-state index contributed by atoms with van der Waals surface area (Å²) >= 11 is 0. The third kappa shape index (κ3) is 2.24. The van der Waals surface area contributed by atoms with Crippen LogP contribution in [0, 0.1) is 0 Å². The van der Waals surface area contributed by atoms with Crippen molar-refractivity contribution in [2.75, 3.05) is 6.79 Å². The third-order valence-electron chi connectivity index (χ3n) is 3.07. The highest BCUT2D eigenvalue weighted by molar-refractivity contribution is 5.86. The number of aromatic amines is 1. The molecule has 19 heavy (non-hydrogen) atoms. The Morgan fingerprint density at radius 3 is 2.95 bits per heavy atom. The molecule has 0 spiro atoms. The van der Waals surface area contributed by atoms with Gasteiger partial charge in [0.05, 0.1) is 0 Å². The van der Waals surface area contributed by atoms with Crippen molar-refractivity contribution in [2.45, 2.75) is 12.5 Å². The van der Waals surface area contributed by atoms with E-state index in [0.717, 1.165) is 16.5 Å². The molecule has 98 valence electrons. The summed E-state index contributed by atoms with van der Waals surface area (Å²) in [5.41, 5.74) is 1.93. The molecule has 1 atom stereocenters. The van der Waals surface area contributed by atoms with Gasteiger partial charge in [0.25, 0.3) is 0 Å². The Balaban J connectivity index is 1.87. The number of carbonyl (C=O) groups is 2. The predicted octanol–water partition coefficient (Wildman–Crippen LogP) is 1.32. The number of nitrogens with one attached hydrogen (secondary N) is 2. The maximum absolute atomic E-state index is 11.7. The number of hydrogen-bond acceptors (Lipinski definition) is 4. The van der Waals surface area contributed by atoms with E-state index in [4.69, 9.17) is 4.74 Å². The second-order valence-electron chi connectivity index (χ2n) is 4.27. The van der Waals surface area contributed by atoms with E-state index < -0.39 is 18.1 Å². The van der Waals surface area contributed by atoms with Gasteiger partial charge >= 0.3 is 12.1 Å². The molecule has 6 heteroatoms. The van der Waals surface area contributed by atoms with E-state index >= 15 is 0 Å². The molecule has 3 rings (SSSR count). The standard InChI is InChI=1S/C13H12N2O4/c16-12-11(15-13(17)19-7-18-12)5-8-6-14-10-4-2-1-3-9(8)10/h1-4,6,11,14H,5,7H2,(H,15,17)/t11-/m0/s1. The summed E-state index contributed by atoms with van der Waals surface area (Å²) in [6.07, 6.45) is 1.55. The van der Waals surface area contributed by atoms with E-state index in [1.807, 2.05) is 30.5 Å². The van der Waals surface area contributed by atoms with Crippen LogP contribution < -0.4 is 5.32 Å². The number of alkyl carbamates (subject to hydrolysis) is 1. The summed E-state index contributed by atoms with van der Waals surface area (Å²) < 4.78 is 9.40. The lowest BCUT2D eigenvalue weighted by atomic mass is 10.1. The molecule has 1 fully saturated rings. The number of cyclic esters (lactones) is 2. The van der Waals surface area contributed by atoms with E-state index in [1.54, 1.807) is 0 Å². The second-order valence-corrected chi connectivity index (χ2v) is 4.27. The number of aromatic nitrogens is 1. The molecule has 2 N–H and O–H groups in total. The van der Waals surface area contributed by atoms with Crippen molar-refractivity contribution in [1.82, 2.24) is 10.3 Å². The SMILES string of the molecule is O=C1N[C@@H](Cc2c[nH]c3ccccc23)C(=O)OCO1. The Kier molecular flexibility index (Phi) is 2.83. The van der Waals surface area contributed by atoms with Gasteiger partial charge in [-0.15, -0.1) is 0 Å². The van der Waals surface area contributed by atoms with Gasteiger partial charge in [-0.3, -0.25) is 0 Å². The van der Waals surface area contributed by atoms with E-state index in [-0.39, 0.29) is 6.79 Å². The number of hydrogen-bond donors (Lipinski definition) is 2. The number of H-pyrrole nitrogens is 1. The molecule has 1 aliphatic heterocycles. The number of fused-ring (bicyclic) bond motifs is 1. The van der Waals surface area contributed by atoms with E-state index in [1.165, 1.54) is 0 Å². The van der Waals surface area contributed by atoms with Crippen LogP contribution >= 0.6 is 0 Å². The summed E-state index contributed by atoms with van der Waals surface area (Å²) in [7, 11) is 0. The molecule has 0 aliphatic carbocycles. The third-order valence-corrected chi connectivity index (χ3v) is 3.07. The largest absolute Gasteiger partial charge is 0.426 e.